The van der Waals surface area contributed by atoms with E-state index in [1.807, 2.05) is 24.3 Å². The lowest BCUT2D eigenvalue weighted by Crippen LogP contribution is -2.10. The number of rotatable bonds is 4. The summed E-state index contributed by atoms with van der Waals surface area (Å²) in [5.41, 5.74) is 2.64. The van der Waals surface area contributed by atoms with Crippen LogP contribution in [0.15, 0.2) is 29.9 Å². The number of aliphatic hydroxyl groups excluding tert-OH is 1. The fraction of sp³-hybridized carbons (Fsp3) is 0.421. The van der Waals surface area contributed by atoms with Crippen molar-refractivity contribution in [1.82, 2.24) is 0 Å². The number of hydrogen-bond donors (Lipinski definition) is 2. The Labute approximate surface area is 151 Å². The minimum Gasteiger partial charge on any atom is -0.478 e. The zero-order valence-corrected chi connectivity index (χ0v) is 15.0. The second-order valence-electron chi connectivity index (χ2n) is 6.27. The zero-order valence-electron chi connectivity index (χ0n) is 13.4. The summed E-state index contributed by atoms with van der Waals surface area (Å²) in [6, 6.07) is 0. The van der Waals surface area contributed by atoms with E-state index >= 15 is 0 Å². The smallest absolute Gasteiger partial charge is 0.337 e. The molecule has 3 nitrogen and oxygen atoms in total. The van der Waals surface area contributed by atoms with Gasteiger partial charge in [-0.25, -0.2) is 4.79 Å². The maximum absolute atomic E-state index is 12.0. The summed E-state index contributed by atoms with van der Waals surface area (Å²) in [6.45, 7) is -0.122. The van der Waals surface area contributed by atoms with Crippen LogP contribution < -0.4 is 0 Å². The molecule has 1 fully saturated rings. The highest BCUT2D eigenvalue weighted by molar-refractivity contribution is 7.17. The second kappa shape index (κ2) is 7.68. The number of hydrogen-bond acceptors (Lipinski definition) is 3. The van der Waals surface area contributed by atoms with E-state index in [-0.39, 0.29) is 12.5 Å². The fourth-order valence-corrected chi connectivity index (χ4v) is 5.25. The molecule has 0 unspecified atom stereocenters. The van der Waals surface area contributed by atoms with Gasteiger partial charge in [-0.05, 0) is 41.9 Å². The molecule has 3 rings (SSSR count). The van der Waals surface area contributed by atoms with Crippen LogP contribution in [0.4, 0.5) is 0 Å². The van der Waals surface area contributed by atoms with Crippen molar-refractivity contribution in [2.75, 3.05) is 6.61 Å². The van der Waals surface area contributed by atoms with Gasteiger partial charge in [-0.2, -0.15) is 0 Å². The summed E-state index contributed by atoms with van der Waals surface area (Å²) in [4.78, 5) is 12.7. The monoisotopic (exact) mass is 364 g/mol. The van der Waals surface area contributed by atoms with Crippen molar-refractivity contribution in [3.8, 4) is 0 Å². The van der Waals surface area contributed by atoms with E-state index in [1.165, 1.54) is 17.8 Å². The molecule has 2 aliphatic rings. The van der Waals surface area contributed by atoms with Crippen molar-refractivity contribution in [3.05, 3.63) is 50.2 Å². The molecule has 0 aliphatic heterocycles. The van der Waals surface area contributed by atoms with E-state index in [9.17, 15) is 15.0 Å². The Bertz CT molecular complexity index is 721. The van der Waals surface area contributed by atoms with Gasteiger partial charge in [-0.3, -0.25) is 0 Å². The first kappa shape index (κ1) is 17.5. The van der Waals surface area contributed by atoms with Crippen molar-refractivity contribution in [1.29, 1.82) is 0 Å². The number of aliphatic hydroxyl groups is 1. The van der Waals surface area contributed by atoms with Crippen molar-refractivity contribution in [2.45, 2.75) is 44.4 Å². The summed E-state index contributed by atoms with van der Waals surface area (Å²) in [5.74, 6) is -0.703. The topological polar surface area (TPSA) is 57.5 Å². The molecular formula is C19H21ClO3S. The predicted octanol–water partition coefficient (Wildman–Crippen LogP) is 5.41. The van der Waals surface area contributed by atoms with E-state index in [2.05, 4.69) is 0 Å². The average molecular weight is 365 g/mol. The van der Waals surface area contributed by atoms with Crippen molar-refractivity contribution >= 4 is 34.5 Å². The molecule has 1 aromatic heterocycles. The van der Waals surface area contributed by atoms with E-state index in [0.717, 1.165) is 48.8 Å². The summed E-state index contributed by atoms with van der Waals surface area (Å²) in [7, 11) is 0. The molecule has 0 radical (unpaired) electrons. The molecule has 0 aromatic carbocycles. The molecule has 5 heteroatoms. The number of carbonyl (C=O) groups is 1. The first-order chi connectivity index (χ1) is 11.6. The van der Waals surface area contributed by atoms with Crippen LogP contribution in [0.1, 0.15) is 65.2 Å². The maximum Gasteiger partial charge on any atom is 0.337 e. The molecule has 2 aliphatic carbocycles. The van der Waals surface area contributed by atoms with Gasteiger partial charge in [0.05, 0.1) is 21.4 Å². The summed E-state index contributed by atoms with van der Waals surface area (Å²) in [6.07, 6.45) is 13.9. The van der Waals surface area contributed by atoms with E-state index in [4.69, 9.17) is 11.6 Å². The molecule has 0 atom stereocenters. The van der Waals surface area contributed by atoms with Crippen LogP contribution in [0.25, 0.3) is 5.57 Å². The van der Waals surface area contributed by atoms with Gasteiger partial charge in [0.1, 0.15) is 0 Å². The van der Waals surface area contributed by atoms with Crippen LogP contribution >= 0.6 is 22.9 Å². The van der Waals surface area contributed by atoms with Gasteiger partial charge in [0, 0.05) is 0 Å². The van der Waals surface area contributed by atoms with Crippen molar-refractivity contribution < 1.29 is 15.0 Å². The van der Waals surface area contributed by atoms with E-state index < -0.39 is 5.97 Å². The zero-order chi connectivity index (χ0) is 17.1. The molecule has 1 aromatic rings. The Hall–Kier alpha value is -1.36. The number of aromatic carboxylic acids is 1. The molecule has 0 amide bonds. The minimum absolute atomic E-state index is 0.122. The van der Waals surface area contributed by atoms with Crippen LogP contribution in [0.2, 0.25) is 4.34 Å². The summed E-state index contributed by atoms with van der Waals surface area (Å²) >= 11 is 7.83. The molecule has 24 heavy (non-hydrogen) atoms. The van der Waals surface area contributed by atoms with Crippen molar-refractivity contribution in [2.24, 2.45) is 0 Å². The lowest BCUT2D eigenvalue weighted by molar-refractivity contribution is 0.0695. The van der Waals surface area contributed by atoms with Crippen LogP contribution in [-0.4, -0.2) is 22.8 Å². The Morgan fingerprint density at radius 1 is 1.21 bits per heavy atom. The molecule has 0 saturated heterocycles. The normalized spacial score (nSPS) is 18.9. The molecular weight excluding hydrogens is 344 g/mol. The minimum atomic E-state index is -0.930. The van der Waals surface area contributed by atoms with Gasteiger partial charge < -0.3 is 10.2 Å². The van der Waals surface area contributed by atoms with Crippen LogP contribution in [-0.2, 0) is 0 Å². The molecule has 1 heterocycles. The molecule has 0 spiro atoms. The predicted molar refractivity (Wildman–Crippen MR) is 99.0 cm³/mol. The lowest BCUT2D eigenvalue weighted by Gasteiger charge is -2.22. The van der Waals surface area contributed by atoms with E-state index in [0.29, 0.717) is 14.8 Å². The maximum atomic E-state index is 12.0. The van der Waals surface area contributed by atoms with E-state index in [1.54, 1.807) is 0 Å². The first-order valence-electron chi connectivity index (χ1n) is 8.36. The van der Waals surface area contributed by atoms with Gasteiger partial charge in [0.25, 0.3) is 0 Å². The number of carboxylic acid groups (broad SMARTS) is 1. The van der Waals surface area contributed by atoms with Gasteiger partial charge in [-0.15, -0.1) is 11.3 Å². The Balaban J connectivity index is 2.16. The van der Waals surface area contributed by atoms with Crippen LogP contribution in [0.3, 0.4) is 0 Å². The third kappa shape index (κ3) is 3.37. The van der Waals surface area contributed by atoms with Gasteiger partial charge in [0.15, 0.2) is 0 Å². The molecule has 2 N–H and O–H groups in total. The van der Waals surface area contributed by atoms with Crippen molar-refractivity contribution in [3.63, 3.8) is 0 Å². The number of allylic oxidation sites excluding steroid dienone is 4. The highest BCUT2D eigenvalue weighted by Crippen LogP contribution is 2.46. The third-order valence-electron chi connectivity index (χ3n) is 4.76. The highest BCUT2D eigenvalue weighted by Gasteiger charge is 2.30. The lowest BCUT2D eigenvalue weighted by atomic mass is 9.83. The summed E-state index contributed by atoms with van der Waals surface area (Å²) < 4.78 is 0.584. The number of halogens is 1. The SMILES string of the molecule is O=C(O)c1c(C2=C(CO)C=CCC=C2)sc(Cl)c1C1CCCCC1. The van der Waals surface area contributed by atoms with Crippen LogP contribution in [0, 0.1) is 0 Å². The highest BCUT2D eigenvalue weighted by atomic mass is 35.5. The Morgan fingerprint density at radius 3 is 2.58 bits per heavy atom. The standard InChI is InChI=1S/C19H21ClO3S/c20-18-15(12-7-3-1-4-8-12)16(19(22)23)17(24-18)14-10-6-2-5-9-13(14)11-21/h5-6,9-10,12,21H,1-4,7-8,11H2,(H,22,23). The second-order valence-corrected chi connectivity index (χ2v) is 7.89. The third-order valence-corrected chi connectivity index (χ3v) is 6.23. The summed E-state index contributed by atoms with van der Waals surface area (Å²) in [5, 5.41) is 19.6. The average Bonchev–Trinajstić information content (AvgIpc) is 2.78. The first-order valence-corrected chi connectivity index (χ1v) is 9.55. The van der Waals surface area contributed by atoms with Gasteiger partial charge in [-0.1, -0.05) is 55.2 Å². The Kier molecular flexibility index (Phi) is 5.59. The van der Waals surface area contributed by atoms with Crippen LogP contribution in [0.5, 0.6) is 0 Å². The quantitative estimate of drug-likeness (QED) is 0.751. The molecule has 128 valence electrons. The number of thiophene rings is 1. The molecule has 0 bridgehead atoms. The molecule has 1 saturated carbocycles. The van der Waals surface area contributed by atoms with Gasteiger partial charge >= 0.3 is 5.97 Å². The largest absolute Gasteiger partial charge is 0.478 e. The fourth-order valence-electron chi connectivity index (χ4n) is 3.61. The van der Waals surface area contributed by atoms with Gasteiger partial charge in [0.2, 0.25) is 0 Å². The Morgan fingerprint density at radius 2 is 1.92 bits per heavy atom. The number of carboxylic acids is 1.